The Kier molecular flexibility index (Phi) is 4.90. The van der Waals surface area contributed by atoms with Crippen molar-refractivity contribution >= 4 is 28.5 Å². The molecular weight excluding hydrogens is 456 g/mol. The number of pyridine rings is 1. The molecule has 4 heterocycles. The molecule has 0 saturated carbocycles. The zero-order valence-electron chi connectivity index (χ0n) is 19.4. The number of rotatable bonds is 3. The smallest absolute Gasteiger partial charge is 0.409 e. The van der Waals surface area contributed by atoms with Gasteiger partial charge >= 0.3 is 6.09 Å². The number of hydrogen-bond acceptors (Lipinski definition) is 7. The summed E-state index contributed by atoms with van der Waals surface area (Å²) in [6.45, 7) is 0.775. The minimum absolute atomic E-state index is 0.0687. The lowest BCUT2D eigenvalue weighted by Gasteiger charge is -2.45. The fourth-order valence-corrected chi connectivity index (χ4v) is 5.28. The van der Waals surface area contributed by atoms with Gasteiger partial charge in [0, 0.05) is 53.9 Å². The Balaban J connectivity index is 1.45. The molecule has 1 saturated heterocycles. The molecule has 0 aliphatic carbocycles. The van der Waals surface area contributed by atoms with Gasteiger partial charge in [0.2, 0.25) is 5.91 Å². The minimum atomic E-state index is -0.792. The molecule has 36 heavy (non-hydrogen) atoms. The Morgan fingerprint density at radius 2 is 1.92 bits per heavy atom. The van der Waals surface area contributed by atoms with Crippen molar-refractivity contribution in [2.75, 3.05) is 25.1 Å². The summed E-state index contributed by atoms with van der Waals surface area (Å²) >= 11 is 0. The van der Waals surface area contributed by atoms with Crippen molar-refractivity contribution in [3.05, 3.63) is 84.2 Å². The maximum atomic E-state index is 13.9. The number of aromatic nitrogens is 3. The Morgan fingerprint density at radius 3 is 2.67 bits per heavy atom. The third-order valence-electron chi connectivity index (χ3n) is 6.97. The van der Waals surface area contributed by atoms with E-state index in [-0.39, 0.29) is 25.5 Å². The van der Waals surface area contributed by atoms with E-state index >= 15 is 0 Å². The van der Waals surface area contributed by atoms with Gasteiger partial charge in [-0.1, -0.05) is 24.3 Å². The molecule has 176 valence electrons. The first-order chi connectivity index (χ1) is 17.6. The fraction of sp³-hybridized carbons (Fsp3) is 0.185. The summed E-state index contributed by atoms with van der Waals surface area (Å²) in [4.78, 5) is 42.3. The van der Waals surface area contributed by atoms with E-state index in [4.69, 9.17) is 9.72 Å². The van der Waals surface area contributed by atoms with Crippen molar-refractivity contribution in [3.8, 4) is 17.2 Å². The number of ether oxygens (including phenoxy) is 1. The van der Waals surface area contributed by atoms with Crippen molar-refractivity contribution in [2.45, 2.75) is 12.0 Å². The zero-order chi connectivity index (χ0) is 24.9. The van der Waals surface area contributed by atoms with Crippen LogP contribution in [0.25, 0.3) is 21.9 Å². The van der Waals surface area contributed by atoms with E-state index in [0.717, 1.165) is 33.2 Å². The van der Waals surface area contributed by atoms with Crippen molar-refractivity contribution in [1.82, 2.24) is 19.9 Å². The molecule has 9 heteroatoms. The van der Waals surface area contributed by atoms with Gasteiger partial charge in [-0.3, -0.25) is 9.78 Å². The molecule has 1 fully saturated rings. The molecule has 2 amide bonds. The lowest BCUT2D eigenvalue weighted by molar-refractivity contribution is -0.128. The molecule has 2 aromatic carbocycles. The summed E-state index contributed by atoms with van der Waals surface area (Å²) in [5.41, 5.74) is 3.73. The normalized spacial score (nSPS) is 15.5. The average Bonchev–Trinajstić information content (AvgIpc) is 3.15. The molecule has 6 rings (SSSR count). The van der Waals surface area contributed by atoms with Crippen molar-refractivity contribution in [3.63, 3.8) is 0 Å². The number of hydrogen-bond donors (Lipinski definition) is 0. The molecule has 0 N–H and O–H groups in total. The molecule has 0 bridgehead atoms. The van der Waals surface area contributed by atoms with Crippen LogP contribution in [0.1, 0.15) is 16.8 Å². The van der Waals surface area contributed by atoms with Gasteiger partial charge in [-0.25, -0.2) is 14.8 Å². The van der Waals surface area contributed by atoms with Gasteiger partial charge in [0.1, 0.15) is 11.7 Å². The minimum Gasteiger partial charge on any atom is -0.453 e. The molecular formula is C27H20N6O3. The average molecular weight is 476 g/mol. The van der Waals surface area contributed by atoms with Crippen molar-refractivity contribution in [1.29, 1.82) is 5.26 Å². The van der Waals surface area contributed by atoms with Gasteiger partial charge < -0.3 is 14.5 Å². The molecule has 0 atom stereocenters. The second-order valence-electron chi connectivity index (χ2n) is 8.94. The predicted molar refractivity (Wildman–Crippen MR) is 131 cm³/mol. The van der Waals surface area contributed by atoms with Crippen molar-refractivity contribution < 1.29 is 14.3 Å². The summed E-state index contributed by atoms with van der Waals surface area (Å²) < 4.78 is 4.84. The second-order valence-corrected chi connectivity index (χ2v) is 8.94. The standard InChI is InChI=1S/C27H20N6O3/c1-36-26(35)32-14-27(15-32)21-4-2-3-5-23(21)33(25(27)34)13-22-24(19-10-29-16-30-11-19)20-7-6-17(9-28)8-18(20)12-31-22/h2-8,10-12,16H,13-15H2,1H3. The lowest BCUT2D eigenvalue weighted by atomic mass is 9.75. The number of nitriles is 1. The molecule has 9 nitrogen and oxygen atoms in total. The first-order valence-electron chi connectivity index (χ1n) is 11.4. The van der Waals surface area contributed by atoms with E-state index in [0.29, 0.717) is 11.3 Å². The monoisotopic (exact) mass is 476 g/mol. The van der Waals surface area contributed by atoms with Crippen LogP contribution in [0, 0.1) is 11.3 Å². The van der Waals surface area contributed by atoms with Gasteiger partial charge in [-0.05, 0) is 29.1 Å². The van der Waals surface area contributed by atoms with Crippen LogP contribution in [-0.4, -0.2) is 52.1 Å². The van der Waals surface area contributed by atoms with Gasteiger partial charge in [0.15, 0.2) is 0 Å². The Bertz CT molecular complexity index is 1570. The summed E-state index contributed by atoms with van der Waals surface area (Å²) in [5, 5.41) is 11.0. The number of carbonyl (C=O) groups excluding carboxylic acids is 2. The Hall–Kier alpha value is -4.84. The summed E-state index contributed by atoms with van der Waals surface area (Å²) in [6.07, 6.45) is 6.18. The number of benzene rings is 2. The van der Waals surface area contributed by atoms with Gasteiger partial charge in [0.25, 0.3) is 0 Å². The fourth-order valence-electron chi connectivity index (χ4n) is 5.28. The highest BCUT2D eigenvalue weighted by molar-refractivity contribution is 6.10. The first kappa shape index (κ1) is 21.7. The number of methoxy groups -OCH3 is 1. The highest BCUT2D eigenvalue weighted by Gasteiger charge is 2.59. The van der Waals surface area contributed by atoms with E-state index in [1.54, 1.807) is 35.6 Å². The summed E-state index contributed by atoms with van der Waals surface area (Å²) in [6, 6.07) is 15.3. The molecule has 1 spiro atoms. The van der Waals surface area contributed by atoms with Crippen LogP contribution in [0.4, 0.5) is 10.5 Å². The van der Waals surface area contributed by atoms with Crippen LogP contribution in [0.5, 0.6) is 0 Å². The maximum absolute atomic E-state index is 13.9. The third-order valence-corrected chi connectivity index (χ3v) is 6.97. The van der Waals surface area contributed by atoms with Crippen molar-refractivity contribution in [2.24, 2.45) is 0 Å². The quantitative estimate of drug-likeness (QED) is 0.445. The highest BCUT2D eigenvalue weighted by Crippen LogP contribution is 2.48. The molecule has 2 aromatic heterocycles. The lowest BCUT2D eigenvalue weighted by Crippen LogP contribution is -2.65. The number of anilines is 1. The van der Waals surface area contributed by atoms with E-state index < -0.39 is 11.5 Å². The molecule has 4 aromatic rings. The van der Waals surface area contributed by atoms with E-state index in [9.17, 15) is 14.9 Å². The van der Waals surface area contributed by atoms with Crippen LogP contribution in [0.2, 0.25) is 0 Å². The van der Waals surface area contributed by atoms with Crippen LogP contribution >= 0.6 is 0 Å². The maximum Gasteiger partial charge on any atom is 0.409 e. The first-order valence-corrected chi connectivity index (χ1v) is 11.4. The van der Waals surface area contributed by atoms with E-state index in [2.05, 4.69) is 16.0 Å². The summed E-state index contributed by atoms with van der Waals surface area (Å²) in [7, 11) is 1.34. The molecule has 0 unspecified atom stereocenters. The van der Waals surface area contributed by atoms with E-state index in [1.807, 2.05) is 30.3 Å². The molecule has 2 aliphatic heterocycles. The van der Waals surface area contributed by atoms with Crippen LogP contribution in [0.15, 0.2) is 67.4 Å². The zero-order valence-corrected chi connectivity index (χ0v) is 19.4. The topological polar surface area (TPSA) is 112 Å². The van der Waals surface area contributed by atoms with Crippen LogP contribution in [-0.2, 0) is 21.5 Å². The SMILES string of the molecule is COC(=O)N1CC2(C1)C(=O)N(Cc1ncc3cc(C#N)ccc3c1-c1cncnc1)c1ccccc12. The molecule has 0 radical (unpaired) electrons. The number of para-hydroxylation sites is 1. The number of fused-ring (bicyclic) bond motifs is 3. The molecule has 2 aliphatic rings. The van der Waals surface area contributed by atoms with Crippen LogP contribution in [0.3, 0.4) is 0 Å². The van der Waals surface area contributed by atoms with Gasteiger partial charge in [0.05, 0.1) is 31.0 Å². The van der Waals surface area contributed by atoms with E-state index in [1.165, 1.54) is 18.3 Å². The number of carbonyl (C=O) groups is 2. The summed E-state index contributed by atoms with van der Waals surface area (Å²) in [5.74, 6) is -0.0687. The number of likely N-dealkylation sites (tertiary alicyclic amines) is 1. The highest BCUT2D eigenvalue weighted by atomic mass is 16.5. The Morgan fingerprint density at radius 1 is 1.14 bits per heavy atom. The van der Waals surface area contributed by atoms with Crippen LogP contribution < -0.4 is 4.90 Å². The second kappa shape index (κ2) is 8.13. The Labute approximate surface area is 206 Å². The van der Waals surface area contributed by atoms with Gasteiger partial charge in [-0.2, -0.15) is 5.26 Å². The largest absolute Gasteiger partial charge is 0.453 e. The number of nitrogens with zero attached hydrogens (tertiary/aromatic N) is 6. The van der Waals surface area contributed by atoms with Gasteiger partial charge in [-0.15, -0.1) is 0 Å². The number of amides is 2. The predicted octanol–water partition coefficient (Wildman–Crippen LogP) is 3.43. The third kappa shape index (κ3) is 3.11.